The van der Waals surface area contributed by atoms with Gasteiger partial charge in [0.25, 0.3) is 11.8 Å². The van der Waals surface area contributed by atoms with E-state index in [0.717, 1.165) is 44.4 Å². The summed E-state index contributed by atoms with van der Waals surface area (Å²) in [5.74, 6) is -0.182. The zero-order valence-electron chi connectivity index (χ0n) is 24.2. The highest BCUT2D eigenvalue weighted by atomic mass is 35.5. The van der Waals surface area contributed by atoms with Crippen molar-refractivity contribution in [2.45, 2.75) is 19.6 Å². The molecule has 0 unspecified atom stereocenters. The molecule has 2 amide bonds. The van der Waals surface area contributed by atoms with Crippen molar-refractivity contribution in [3.8, 4) is 11.1 Å². The van der Waals surface area contributed by atoms with Crippen LogP contribution in [0.2, 0.25) is 5.02 Å². The molecule has 7 rings (SSSR count). The number of anilines is 1. The van der Waals surface area contributed by atoms with Crippen LogP contribution in [-0.2, 0) is 19.6 Å². The van der Waals surface area contributed by atoms with E-state index >= 15 is 0 Å². The second kappa shape index (κ2) is 11.5. The van der Waals surface area contributed by atoms with Gasteiger partial charge in [0.15, 0.2) is 0 Å². The summed E-state index contributed by atoms with van der Waals surface area (Å²) in [4.78, 5) is 35.3. The van der Waals surface area contributed by atoms with E-state index in [1.54, 1.807) is 24.3 Å². The van der Waals surface area contributed by atoms with Gasteiger partial charge < -0.3 is 14.4 Å². The molecule has 1 aliphatic rings. The fraction of sp³-hybridized carbons (Fsp3) is 0.108. The SMILES string of the molecule is CN(Cc1ccncc1)C(=O)c1ccc2n1Cc1ccccc1N(C(=O)c1ccc(-c3c(Cl)ccc4ccccc34)cc1)C2. The Labute approximate surface area is 260 Å². The van der Waals surface area contributed by atoms with Gasteiger partial charge in [-0.05, 0) is 76.0 Å². The Bertz CT molecular complexity index is 2020. The van der Waals surface area contributed by atoms with Crippen LogP contribution in [-0.4, -0.2) is 33.3 Å². The maximum absolute atomic E-state index is 14.1. The molecule has 3 heterocycles. The molecule has 0 radical (unpaired) electrons. The van der Waals surface area contributed by atoms with Gasteiger partial charge >= 0.3 is 0 Å². The number of fused-ring (bicyclic) bond motifs is 3. The number of halogens is 1. The predicted molar refractivity (Wildman–Crippen MR) is 175 cm³/mol. The van der Waals surface area contributed by atoms with E-state index in [1.807, 2.05) is 107 Å². The number of rotatable bonds is 5. The summed E-state index contributed by atoms with van der Waals surface area (Å²) in [5.41, 5.74) is 6.79. The van der Waals surface area contributed by atoms with Crippen LogP contribution in [0, 0.1) is 0 Å². The van der Waals surface area contributed by atoms with E-state index in [9.17, 15) is 9.59 Å². The van der Waals surface area contributed by atoms with Gasteiger partial charge in [-0.2, -0.15) is 0 Å². The molecule has 216 valence electrons. The highest BCUT2D eigenvalue weighted by Crippen LogP contribution is 2.36. The summed E-state index contributed by atoms with van der Waals surface area (Å²) in [7, 11) is 1.80. The molecule has 6 nitrogen and oxygen atoms in total. The Morgan fingerprint density at radius 2 is 1.57 bits per heavy atom. The van der Waals surface area contributed by atoms with Crippen molar-refractivity contribution in [2.24, 2.45) is 0 Å². The Balaban J connectivity index is 1.20. The first-order chi connectivity index (χ1) is 21.5. The molecule has 6 aromatic rings. The van der Waals surface area contributed by atoms with E-state index in [4.69, 9.17) is 11.6 Å². The van der Waals surface area contributed by atoms with Gasteiger partial charge in [-0.3, -0.25) is 14.6 Å². The molecule has 0 fully saturated rings. The number of hydrogen-bond donors (Lipinski definition) is 0. The first-order valence-corrected chi connectivity index (χ1v) is 14.9. The third-order valence-corrected chi connectivity index (χ3v) is 8.60. The van der Waals surface area contributed by atoms with Crippen molar-refractivity contribution in [3.05, 3.63) is 155 Å². The minimum Gasteiger partial charge on any atom is -0.336 e. The van der Waals surface area contributed by atoms with Crippen LogP contribution in [0.15, 0.2) is 122 Å². The second-order valence-electron chi connectivity index (χ2n) is 11.1. The molecule has 0 N–H and O–H groups in total. The van der Waals surface area contributed by atoms with E-state index in [0.29, 0.717) is 35.9 Å². The fourth-order valence-electron chi connectivity index (χ4n) is 6.03. The molecule has 0 saturated heterocycles. The van der Waals surface area contributed by atoms with Gasteiger partial charge in [-0.15, -0.1) is 0 Å². The van der Waals surface area contributed by atoms with Crippen LogP contribution in [0.3, 0.4) is 0 Å². The van der Waals surface area contributed by atoms with Crippen molar-refractivity contribution >= 4 is 39.9 Å². The number of hydrogen-bond acceptors (Lipinski definition) is 3. The van der Waals surface area contributed by atoms with Crippen molar-refractivity contribution in [2.75, 3.05) is 11.9 Å². The Kier molecular flexibility index (Phi) is 7.20. The Hall–Kier alpha value is -5.20. The topological polar surface area (TPSA) is 58.4 Å². The number of carbonyl (C=O) groups excluding carboxylic acids is 2. The quantitative estimate of drug-likeness (QED) is 0.204. The molecule has 44 heavy (non-hydrogen) atoms. The molecule has 0 bridgehead atoms. The zero-order valence-corrected chi connectivity index (χ0v) is 24.9. The van der Waals surface area contributed by atoms with Gasteiger partial charge in [0.05, 0.1) is 13.1 Å². The summed E-state index contributed by atoms with van der Waals surface area (Å²) in [5, 5.41) is 2.84. The first kappa shape index (κ1) is 27.6. The summed E-state index contributed by atoms with van der Waals surface area (Å²) in [6.45, 7) is 1.31. The molecule has 4 aromatic carbocycles. The van der Waals surface area contributed by atoms with Crippen LogP contribution in [0.25, 0.3) is 21.9 Å². The van der Waals surface area contributed by atoms with E-state index in [2.05, 4.69) is 17.1 Å². The van der Waals surface area contributed by atoms with Crippen molar-refractivity contribution in [3.63, 3.8) is 0 Å². The Morgan fingerprint density at radius 3 is 2.39 bits per heavy atom. The first-order valence-electron chi connectivity index (χ1n) is 14.5. The Morgan fingerprint density at radius 1 is 0.818 bits per heavy atom. The van der Waals surface area contributed by atoms with E-state index in [-0.39, 0.29) is 11.8 Å². The lowest BCUT2D eigenvalue weighted by molar-refractivity contribution is 0.0774. The lowest BCUT2D eigenvalue weighted by Gasteiger charge is -2.23. The van der Waals surface area contributed by atoms with Crippen molar-refractivity contribution < 1.29 is 9.59 Å². The monoisotopic (exact) mass is 596 g/mol. The third kappa shape index (κ3) is 5.03. The van der Waals surface area contributed by atoms with Gasteiger partial charge in [-0.25, -0.2) is 0 Å². The number of aromatic nitrogens is 2. The summed E-state index contributed by atoms with van der Waals surface area (Å²) in [6.07, 6.45) is 3.46. The molecule has 1 aliphatic heterocycles. The van der Waals surface area contributed by atoms with E-state index < -0.39 is 0 Å². The molecule has 0 spiro atoms. The maximum atomic E-state index is 14.1. The largest absolute Gasteiger partial charge is 0.336 e. The number of benzene rings is 4. The van der Waals surface area contributed by atoms with Crippen LogP contribution in [0.5, 0.6) is 0 Å². The smallest absolute Gasteiger partial charge is 0.270 e. The highest BCUT2D eigenvalue weighted by Gasteiger charge is 2.28. The minimum absolute atomic E-state index is 0.0759. The van der Waals surface area contributed by atoms with Crippen molar-refractivity contribution in [1.82, 2.24) is 14.5 Å². The third-order valence-electron chi connectivity index (χ3n) is 8.28. The predicted octanol–water partition coefficient (Wildman–Crippen LogP) is 7.84. The van der Waals surface area contributed by atoms with Gasteiger partial charge in [0, 0.05) is 53.5 Å². The molecule has 7 heteroatoms. The summed E-state index contributed by atoms with van der Waals surface area (Å²) >= 11 is 6.66. The second-order valence-corrected chi connectivity index (χ2v) is 11.5. The molecular weight excluding hydrogens is 568 g/mol. The van der Waals surface area contributed by atoms with Crippen LogP contribution in [0.4, 0.5) is 5.69 Å². The number of para-hydroxylation sites is 1. The fourth-order valence-corrected chi connectivity index (χ4v) is 6.30. The number of carbonyl (C=O) groups is 2. The van der Waals surface area contributed by atoms with E-state index in [1.165, 1.54) is 0 Å². The molecule has 0 aliphatic carbocycles. The lowest BCUT2D eigenvalue weighted by atomic mass is 9.97. The van der Waals surface area contributed by atoms with Crippen LogP contribution < -0.4 is 4.90 Å². The minimum atomic E-state index is -0.106. The maximum Gasteiger partial charge on any atom is 0.270 e. The average Bonchev–Trinajstić information content (AvgIpc) is 3.37. The number of amides is 2. The van der Waals surface area contributed by atoms with Crippen LogP contribution >= 0.6 is 11.6 Å². The number of pyridine rings is 1. The van der Waals surface area contributed by atoms with Crippen molar-refractivity contribution in [1.29, 1.82) is 0 Å². The molecule has 0 atom stereocenters. The standard InChI is InChI=1S/C37H29ClN4O2/c1-40(22-25-18-20-39-21-19-25)37(44)34-17-15-30-24-42(33-9-5-3-7-29(33)23-41(30)34)36(43)28-12-10-27(11-13-28)35-31-8-4-2-6-26(31)14-16-32(35)38/h2-21H,22-24H2,1H3. The molecular formula is C37H29ClN4O2. The number of nitrogens with zero attached hydrogens (tertiary/aromatic N) is 4. The molecule has 2 aromatic heterocycles. The van der Waals surface area contributed by atoms with Gasteiger partial charge in [0.1, 0.15) is 5.69 Å². The molecule has 0 saturated carbocycles. The average molecular weight is 597 g/mol. The van der Waals surface area contributed by atoms with Gasteiger partial charge in [-0.1, -0.05) is 72.3 Å². The highest BCUT2D eigenvalue weighted by molar-refractivity contribution is 6.35. The normalized spacial score (nSPS) is 12.4. The zero-order chi connectivity index (χ0) is 30.2. The van der Waals surface area contributed by atoms with Crippen LogP contribution in [0.1, 0.15) is 37.7 Å². The summed E-state index contributed by atoms with van der Waals surface area (Å²) < 4.78 is 2.03. The lowest BCUT2D eigenvalue weighted by Crippen LogP contribution is -2.31. The summed E-state index contributed by atoms with van der Waals surface area (Å²) in [6, 6.07) is 35.3. The van der Waals surface area contributed by atoms with Gasteiger partial charge in [0.2, 0.25) is 0 Å².